The van der Waals surface area contributed by atoms with Crippen molar-refractivity contribution in [2.45, 2.75) is 6.54 Å². The first kappa shape index (κ1) is 12.3. The number of hydrogen-bond donors (Lipinski definition) is 1. The average Bonchev–Trinajstić information content (AvgIpc) is 2.84. The number of ether oxygens (including phenoxy) is 1. The summed E-state index contributed by atoms with van der Waals surface area (Å²) in [5, 5.41) is 0. The molecule has 0 unspecified atom stereocenters. The van der Waals surface area contributed by atoms with E-state index in [4.69, 9.17) is 9.15 Å². The summed E-state index contributed by atoms with van der Waals surface area (Å²) in [6.45, 7) is 0.409. The molecule has 0 bridgehead atoms. The molecule has 0 amide bonds. The highest BCUT2D eigenvalue weighted by Gasteiger charge is 2.08. The van der Waals surface area contributed by atoms with Crippen LogP contribution in [0.15, 0.2) is 50.5 Å². The number of benzene rings is 1. The molecule has 0 aliphatic carbocycles. The molecule has 0 aliphatic heterocycles. The molecule has 20 heavy (non-hydrogen) atoms. The topological polar surface area (TPSA) is 77.2 Å². The van der Waals surface area contributed by atoms with E-state index in [0.29, 0.717) is 6.54 Å². The summed E-state index contributed by atoms with van der Waals surface area (Å²) in [7, 11) is 1.60. The lowest BCUT2D eigenvalue weighted by Gasteiger charge is -2.06. The molecule has 1 N–H and O–H groups in total. The van der Waals surface area contributed by atoms with Gasteiger partial charge in [-0.3, -0.25) is 9.78 Å². The molecule has 3 rings (SSSR count). The van der Waals surface area contributed by atoms with Gasteiger partial charge in [0.05, 0.1) is 13.7 Å². The summed E-state index contributed by atoms with van der Waals surface area (Å²) in [6, 6.07) is 9.02. The minimum Gasteiger partial charge on any atom is -0.497 e. The Hall–Kier alpha value is -2.76. The molecule has 102 valence electrons. The minimum atomic E-state index is -0.626. The standard InChI is InChI=1S/C14H12N2O4/c1-19-10-4-2-9(3-5-10)8-16-7-6-11-12(13(16)17)15-14(18)20-11/h2-7H,8H2,1H3,(H,15,18). The number of rotatable bonds is 3. The van der Waals surface area contributed by atoms with Crippen molar-refractivity contribution in [2.24, 2.45) is 0 Å². The Morgan fingerprint density at radius 2 is 1.95 bits per heavy atom. The fraction of sp³-hybridized carbons (Fsp3) is 0.143. The van der Waals surface area contributed by atoms with Gasteiger partial charge in [-0.1, -0.05) is 12.1 Å². The van der Waals surface area contributed by atoms with E-state index in [2.05, 4.69) is 4.98 Å². The summed E-state index contributed by atoms with van der Waals surface area (Å²) in [5.74, 6) is 0.134. The molecular weight excluding hydrogens is 260 g/mol. The first-order valence-electron chi connectivity index (χ1n) is 6.02. The number of pyridine rings is 1. The van der Waals surface area contributed by atoms with Crippen LogP contribution in [0.3, 0.4) is 0 Å². The van der Waals surface area contributed by atoms with Crippen molar-refractivity contribution in [3.63, 3.8) is 0 Å². The quantitative estimate of drug-likeness (QED) is 0.780. The van der Waals surface area contributed by atoms with Crippen LogP contribution in [0, 0.1) is 0 Å². The summed E-state index contributed by atoms with van der Waals surface area (Å²) in [4.78, 5) is 25.7. The van der Waals surface area contributed by atoms with E-state index in [-0.39, 0.29) is 16.7 Å². The Balaban J connectivity index is 1.99. The van der Waals surface area contributed by atoms with E-state index < -0.39 is 5.76 Å². The molecule has 6 heteroatoms. The lowest BCUT2D eigenvalue weighted by molar-refractivity contribution is 0.414. The van der Waals surface area contributed by atoms with Crippen LogP contribution in [0.2, 0.25) is 0 Å². The van der Waals surface area contributed by atoms with Gasteiger partial charge in [-0.05, 0) is 23.8 Å². The normalized spacial score (nSPS) is 10.8. The van der Waals surface area contributed by atoms with E-state index in [1.807, 2.05) is 24.3 Å². The zero-order chi connectivity index (χ0) is 14.1. The second-order valence-electron chi connectivity index (χ2n) is 4.35. The van der Waals surface area contributed by atoms with Crippen LogP contribution in [-0.2, 0) is 6.54 Å². The highest BCUT2D eigenvalue weighted by Crippen LogP contribution is 2.12. The fourth-order valence-electron chi connectivity index (χ4n) is 2.04. The van der Waals surface area contributed by atoms with Crippen molar-refractivity contribution >= 4 is 11.1 Å². The third-order valence-electron chi connectivity index (χ3n) is 3.07. The number of oxazole rings is 1. The number of hydrogen-bond acceptors (Lipinski definition) is 4. The van der Waals surface area contributed by atoms with Gasteiger partial charge in [-0.15, -0.1) is 0 Å². The van der Waals surface area contributed by atoms with Gasteiger partial charge in [0, 0.05) is 6.20 Å². The molecule has 0 aliphatic rings. The van der Waals surface area contributed by atoms with Crippen LogP contribution in [0.1, 0.15) is 5.56 Å². The monoisotopic (exact) mass is 272 g/mol. The third-order valence-corrected chi connectivity index (χ3v) is 3.07. The third kappa shape index (κ3) is 2.11. The molecule has 2 aromatic heterocycles. The largest absolute Gasteiger partial charge is 0.497 e. The van der Waals surface area contributed by atoms with E-state index >= 15 is 0 Å². The SMILES string of the molecule is COc1ccc(Cn2ccc3oc(=O)[nH]c3c2=O)cc1. The van der Waals surface area contributed by atoms with E-state index in [1.54, 1.807) is 19.4 Å². The molecule has 0 saturated carbocycles. The van der Waals surface area contributed by atoms with Gasteiger partial charge >= 0.3 is 5.76 Å². The molecule has 2 heterocycles. The zero-order valence-electron chi connectivity index (χ0n) is 10.8. The van der Waals surface area contributed by atoms with Crippen LogP contribution >= 0.6 is 0 Å². The zero-order valence-corrected chi connectivity index (χ0v) is 10.8. The van der Waals surface area contributed by atoms with Gasteiger partial charge in [0.15, 0.2) is 11.1 Å². The lowest BCUT2D eigenvalue weighted by atomic mass is 10.2. The van der Waals surface area contributed by atoms with Gasteiger partial charge in [0.1, 0.15) is 5.75 Å². The van der Waals surface area contributed by atoms with Crippen molar-refractivity contribution in [3.05, 3.63) is 63.0 Å². The summed E-state index contributed by atoms with van der Waals surface area (Å²) >= 11 is 0. The van der Waals surface area contributed by atoms with Gasteiger partial charge in [-0.25, -0.2) is 4.79 Å². The maximum absolute atomic E-state index is 12.2. The molecular formula is C14H12N2O4. The van der Waals surface area contributed by atoms with E-state index in [9.17, 15) is 9.59 Å². The lowest BCUT2D eigenvalue weighted by Crippen LogP contribution is -2.20. The Labute approximate surface area is 113 Å². The number of fused-ring (bicyclic) bond motifs is 1. The molecule has 0 atom stereocenters. The summed E-state index contributed by atoms with van der Waals surface area (Å²) in [6.07, 6.45) is 1.60. The molecule has 0 saturated heterocycles. The molecule has 0 spiro atoms. The fourth-order valence-corrected chi connectivity index (χ4v) is 2.04. The van der Waals surface area contributed by atoms with Crippen LogP contribution in [0.4, 0.5) is 0 Å². The van der Waals surface area contributed by atoms with E-state index in [0.717, 1.165) is 11.3 Å². The highest BCUT2D eigenvalue weighted by molar-refractivity contribution is 5.70. The Kier molecular flexibility index (Phi) is 2.90. The van der Waals surface area contributed by atoms with Crippen LogP contribution in [0.5, 0.6) is 5.75 Å². The smallest absolute Gasteiger partial charge is 0.417 e. The van der Waals surface area contributed by atoms with Crippen LogP contribution in [0.25, 0.3) is 11.1 Å². The minimum absolute atomic E-state index is 0.186. The first-order chi connectivity index (χ1) is 9.67. The van der Waals surface area contributed by atoms with Gasteiger partial charge in [-0.2, -0.15) is 0 Å². The van der Waals surface area contributed by atoms with Crippen molar-refractivity contribution in [2.75, 3.05) is 7.11 Å². The van der Waals surface area contributed by atoms with Crippen molar-refractivity contribution in [3.8, 4) is 5.75 Å². The van der Waals surface area contributed by atoms with Gasteiger partial charge in [0.25, 0.3) is 5.56 Å². The van der Waals surface area contributed by atoms with Gasteiger partial charge in [0.2, 0.25) is 0 Å². The Morgan fingerprint density at radius 3 is 2.65 bits per heavy atom. The number of nitrogens with zero attached hydrogens (tertiary/aromatic N) is 1. The predicted molar refractivity (Wildman–Crippen MR) is 73.2 cm³/mol. The second-order valence-corrected chi connectivity index (χ2v) is 4.35. The Bertz CT molecular complexity index is 855. The summed E-state index contributed by atoms with van der Waals surface area (Å²) < 4.78 is 11.4. The summed E-state index contributed by atoms with van der Waals surface area (Å²) in [5.41, 5.74) is 1.12. The highest BCUT2D eigenvalue weighted by atomic mass is 16.5. The van der Waals surface area contributed by atoms with Gasteiger partial charge < -0.3 is 13.7 Å². The predicted octanol–water partition coefficient (Wildman–Crippen LogP) is 1.34. The second kappa shape index (κ2) is 4.73. The molecule has 3 aromatic rings. The van der Waals surface area contributed by atoms with Crippen molar-refractivity contribution in [1.82, 2.24) is 9.55 Å². The number of nitrogens with one attached hydrogen (secondary N) is 1. The average molecular weight is 272 g/mol. The molecule has 6 nitrogen and oxygen atoms in total. The number of methoxy groups -OCH3 is 1. The number of aromatic amines is 1. The number of aromatic nitrogens is 2. The first-order valence-corrected chi connectivity index (χ1v) is 6.02. The Morgan fingerprint density at radius 1 is 1.20 bits per heavy atom. The van der Waals surface area contributed by atoms with Crippen molar-refractivity contribution < 1.29 is 9.15 Å². The van der Waals surface area contributed by atoms with E-state index in [1.165, 1.54) is 4.57 Å². The maximum atomic E-state index is 12.2. The number of H-pyrrole nitrogens is 1. The van der Waals surface area contributed by atoms with Crippen LogP contribution in [-0.4, -0.2) is 16.7 Å². The molecule has 1 aromatic carbocycles. The van der Waals surface area contributed by atoms with Crippen LogP contribution < -0.4 is 16.1 Å². The maximum Gasteiger partial charge on any atom is 0.417 e. The van der Waals surface area contributed by atoms with Crippen molar-refractivity contribution in [1.29, 1.82) is 0 Å². The molecule has 0 radical (unpaired) electrons. The molecule has 0 fully saturated rings.